The molecular weight excluding hydrogens is 246 g/mol. The summed E-state index contributed by atoms with van der Waals surface area (Å²) in [7, 11) is 2.02. The smallest absolute Gasteiger partial charge is 0.0641 e. The van der Waals surface area contributed by atoms with Crippen LogP contribution in [0, 0.1) is 13.8 Å². The van der Waals surface area contributed by atoms with Crippen molar-refractivity contribution in [2.75, 3.05) is 0 Å². The number of fused-ring (bicyclic) bond motifs is 1. The molecule has 1 aliphatic rings. The van der Waals surface area contributed by atoms with Crippen molar-refractivity contribution < 1.29 is 0 Å². The van der Waals surface area contributed by atoms with Gasteiger partial charge in [0.05, 0.1) is 5.69 Å². The maximum absolute atomic E-state index is 4.50. The molecular formula is C17H23N3. The van der Waals surface area contributed by atoms with E-state index in [1.54, 1.807) is 0 Å². The first-order valence-electron chi connectivity index (χ1n) is 7.47. The Balaban J connectivity index is 1.77. The molecule has 0 saturated heterocycles. The molecule has 3 heteroatoms. The third-order valence-corrected chi connectivity index (χ3v) is 4.55. The second kappa shape index (κ2) is 5.41. The molecule has 1 unspecified atom stereocenters. The summed E-state index contributed by atoms with van der Waals surface area (Å²) >= 11 is 0. The van der Waals surface area contributed by atoms with Crippen LogP contribution in [0.15, 0.2) is 24.3 Å². The van der Waals surface area contributed by atoms with Gasteiger partial charge in [0.15, 0.2) is 0 Å². The molecule has 0 spiro atoms. The summed E-state index contributed by atoms with van der Waals surface area (Å²) in [6.07, 6.45) is 3.73. The number of hydrogen-bond acceptors (Lipinski definition) is 2. The minimum atomic E-state index is 0.485. The van der Waals surface area contributed by atoms with E-state index in [1.807, 2.05) is 11.7 Å². The van der Waals surface area contributed by atoms with Gasteiger partial charge in [-0.1, -0.05) is 24.3 Å². The minimum absolute atomic E-state index is 0.485. The van der Waals surface area contributed by atoms with E-state index in [9.17, 15) is 0 Å². The highest BCUT2D eigenvalue weighted by atomic mass is 15.3. The summed E-state index contributed by atoms with van der Waals surface area (Å²) in [5.74, 6) is 0. The van der Waals surface area contributed by atoms with Crippen molar-refractivity contribution in [2.45, 2.75) is 45.7 Å². The van der Waals surface area contributed by atoms with Crippen molar-refractivity contribution >= 4 is 0 Å². The van der Waals surface area contributed by atoms with Crippen LogP contribution in [0.5, 0.6) is 0 Å². The molecule has 20 heavy (non-hydrogen) atoms. The first kappa shape index (κ1) is 13.4. The average Bonchev–Trinajstić information content (AvgIpc) is 2.70. The molecule has 0 radical (unpaired) electrons. The van der Waals surface area contributed by atoms with Gasteiger partial charge in [-0.15, -0.1) is 0 Å². The number of nitrogens with zero attached hydrogens (tertiary/aromatic N) is 2. The molecule has 3 rings (SSSR count). The van der Waals surface area contributed by atoms with Gasteiger partial charge in [0.2, 0.25) is 0 Å². The lowest BCUT2D eigenvalue weighted by Crippen LogP contribution is -2.25. The monoisotopic (exact) mass is 269 g/mol. The Labute approximate surface area is 121 Å². The number of rotatable bonds is 3. The Morgan fingerprint density at radius 2 is 2.10 bits per heavy atom. The van der Waals surface area contributed by atoms with Crippen LogP contribution in [0.25, 0.3) is 0 Å². The van der Waals surface area contributed by atoms with E-state index in [4.69, 9.17) is 0 Å². The molecule has 3 nitrogen and oxygen atoms in total. The lowest BCUT2D eigenvalue weighted by Gasteiger charge is -2.26. The quantitative estimate of drug-likeness (QED) is 0.927. The van der Waals surface area contributed by atoms with Crippen LogP contribution in [0.4, 0.5) is 0 Å². The predicted molar refractivity (Wildman–Crippen MR) is 81.6 cm³/mol. The summed E-state index contributed by atoms with van der Waals surface area (Å²) in [6.45, 7) is 5.15. The van der Waals surface area contributed by atoms with Crippen LogP contribution in [0.3, 0.4) is 0 Å². The van der Waals surface area contributed by atoms with Crippen LogP contribution in [0.1, 0.15) is 47.0 Å². The average molecular weight is 269 g/mol. The summed E-state index contributed by atoms with van der Waals surface area (Å²) < 4.78 is 1.97. The normalized spacial score (nSPS) is 18.1. The maximum Gasteiger partial charge on any atom is 0.0641 e. The van der Waals surface area contributed by atoms with Crippen molar-refractivity contribution in [1.29, 1.82) is 0 Å². The summed E-state index contributed by atoms with van der Waals surface area (Å²) in [6, 6.07) is 9.33. The molecule has 0 amide bonds. The molecule has 0 bridgehead atoms. The van der Waals surface area contributed by atoms with Crippen molar-refractivity contribution in [1.82, 2.24) is 15.1 Å². The molecule has 1 atom stereocenters. The van der Waals surface area contributed by atoms with Crippen LogP contribution >= 0.6 is 0 Å². The van der Waals surface area contributed by atoms with Gasteiger partial charge in [-0.2, -0.15) is 5.10 Å². The molecule has 0 aliphatic heterocycles. The Morgan fingerprint density at radius 1 is 1.30 bits per heavy atom. The van der Waals surface area contributed by atoms with Crippen molar-refractivity contribution in [2.24, 2.45) is 7.05 Å². The molecule has 1 heterocycles. The fourth-order valence-corrected chi connectivity index (χ4v) is 3.26. The molecule has 106 valence electrons. The van der Waals surface area contributed by atoms with E-state index in [1.165, 1.54) is 41.6 Å². The Hall–Kier alpha value is -1.61. The molecule has 1 N–H and O–H groups in total. The predicted octanol–water partition coefficient (Wildman–Crippen LogP) is 3.20. The number of nitrogens with one attached hydrogen (secondary N) is 1. The summed E-state index contributed by atoms with van der Waals surface area (Å²) in [5.41, 5.74) is 6.74. The molecule has 0 fully saturated rings. The zero-order valence-electron chi connectivity index (χ0n) is 12.6. The third-order valence-electron chi connectivity index (χ3n) is 4.55. The zero-order chi connectivity index (χ0) is 14.1. The fourth-order valence-electron chi connectivity index (χ4n) is 3.26. The number of aromatic nitrogens is 2. The van der Waals surface area contributed by atoms with Gasteiger partial charge < -0.3 is 5.32 Å². The summed E-state index contributed by atoms with van der Waals surface area (Å²) in [4.78, 5) is 0. The second-order valence-corrected chi connectivity index (χ2v) is 5.80. The van der Waals surface area contributed by atoms with Crippen LogP contribution in [-0.2, 0) is 20.0 Å². The Bertz CT molecular complexity index is 613. The third kappa shape index (κ3) is 2.38. The number of benzene rings is 1. The zero-order valence-corrected chi connectivity index (χ0v) is 12.6. The van der Waals surface area contributed by atoms with Gasteiger partial charge in [0.25, 0.3) is 0 Å². The van der Waals surface area contributed by atoms with Crippen LogP contribution in [0.2, 0.25) is 0 Å². The van der Waals surface area contributed by atoms with E-state index in [0.717, 1.165) is 12.2 Å². The highest BCUT2D eigenvalue weighted by molar-refractivity contribution is 5.32. The molecule has 2 aromatic rings. The summed E-state index contributed by atoms with van der Waals surface area (Å²) in [5, 5.41) is 8.23. The fraction of sp³-hybridized carbons (Fsp3) is 0.471. The van der Waals surface area contributed by atoms with Crippen LogP contribution < -0.4 is 5.32 Å². The lowest BCUT2D eigenvalue weighted by atomic mass is 9.87. The molecule has 1 aromatic heterocycles. The van der Waals surface area contributed by atoms with E-state index in [-0.39, 0.29) is 0 Å². The maximum atomic E-state index is 4.50. The number of hydrogen-bond donors (Lipinski definition) is 1. The highest BCUT2D eigenvalue weighted by Gasteiger charge is 2.20. The van der Waals surface area contributed by atoms with Gasteiger partial charge in [0, 0.05) is 30.9 Å². The van der Waals surface area contributed by atoms with Crippen molar-refractivity contribution in [3.63, 3.8) is 0 Å². The molecule has 1 aliphatic carbocycles. The standard InChI is InChI=1S/C17H23N3/c1-12-16(13(2)20(3)19-12)11-18-17-10-6-8-14-7-4-5-9-15(14)17/h4-5,7,9,17-18H,6,8,10-11H2,1-3H3. The van der Waals surface area contributed by atoms with Gasteiger partial charge in [-0.05, 0) is 44.2 Å². The van der Waals surface area contributed by atoms with Crippen molar-refractivity contribution in [3.05, 3.63) is 52.3 Å². The van der Waals surface area contributed by atoms with Gasteiger partial charge in [-0.3, -0.25) is 4.68 Å². The van der Waals surface area contributed by atoms with Gasteiger partial charge >= 0.3 is 0 Å². The first-order valence-corrected chi connectivity index (χ1v) is 7.47. The molecule has 0 saturated carbocycles. The minimum Gasteiger partial charge on any atom is -0.306 e. The Morgan fingerprint density at radius 3 is 2.85 bits per heavy atom. The lowest BCUT2D eigenvalue weighted by molar-refractivity contribution is 0.458. The SMILES string of the molecule is Cc1nn(C)c(C)c1CNC1CCCc2ccccc21. The van der Waals surface area contributed by atoms with E-state index in [2.05, 4.69) is 48.5 Å². The second-order valence-electron chi connectivity index (χ2n) is 5.80. The van der Waals surface area contributed by atoms with E-state index >= 15 is 0 Å². The van der Waals surface area contributed by atoms with Gasteiger partial charge in [0.1, 0.15) is 0 Å². The largest absolute Gasteiger partial charge is 0.306 e. The van der Waals surface area contributed by atoms with Gasteiger partial charge in [-0.25, -0.2) is 0 Å². The highest BCUT2D eigenvalue weighted by Crippen LogP contribution is 2.29. The molecule has 1 aromatic carbocycles. The van der Waals surface area contributed by atoms with Crippen LogP contribution in [-0.4, -0.2) is 9.78 Å². The first-order chi connectivity index (χ1) is 9.66. The van der Waals surface area contributed by atoms with E-state index in [0.29, 0.717) is 6.04 Å². The topological polar surface area (TPSA) is 29.9 Å². The van der Waals surface area contributed by atoms with Crippen molar-refractivity contribution in [3.8, 4) is 0 Å². The van der Waals surface area contributed by atoms with E-state index < -0.39 is 0 Å². The Kier molecular flexibility index (Phi) is 3.62. The number of aryl methyl sites for hydroxylation is 3.